The number of aliphatic carboxylic acids is 1. The number of carboxylic acids is 1. The molecule has 0 aliphatic carbocycles. The highest BCUT2D eigenvalue weighted by Crippen LogP contribution is 2.08. The molecule has 0 saturated carbocycles. The first-order chi connectivity index (χ1) is 4.22. The molecule has 4 heteroatoms. The fraction of sp³-hybridized carbons (Fsp3) is 0.400. The molecule has 0 fully saturated rings. The molecular weight excluding hydrogens is 122 g/mol. The number of hydrogen-bond donors (Lipinski definition) is 2. The molecule has 0 aromatic carbocycles. The third-order valence-electron chi connectivity index (χ3n) is 1.16. The summed E-state index contributed by atoms with van der Waals surface area (Å²) in [5.74, 6) is -0.472. The molecule has 1 aliphatic rings. The number of nitrogens with one attached hydrogen (secondary N) is 1. The van der Waals surface area contributed by atoms with E-state index in [9.17, 15) is 4.79 Å². The van der Waals surface area contributed by atoms with Crippen LogP contribution in [0.5, 0.6) is 0 Å². The van der Waals surface area contributed by atoms with Crippen LogP contribution in [0.15, 0.2) is 11.3 Å². The number of hydroxylamine groups is 1. The molecule has 0 aromatic rings. The minimum absolute atomic E-state index is 0.293. The Morgan fingerprint density at radius 1 is 1.89 bits per heavy atom. The average Bonchev–Trinajstić information content (AvgIpc) is 2.13. The van der Waals surface area contributed by atoms with E-state index in [-0.39, 0.29) is 0 Å². The van der Waals surface area contributed by atoms with Crippen LogP contribution in [-0.2, 0) is 9.63 Å². The zero-order chi connectivity index (χ0) is 6.85. The van der Waals surface area contributed by atoms with Crippen molar-refractivity contribution in [1.82, 2.24) is 5.48 Å². The van der Waals surface area contributed by atoms with Crippen molar-refractivity contribution in [1.29, 1.82) is 0 Å². The second kappa shape index (κ2) is 2.06. The Kier molecular flexibility index (Phi) is 1.40. The van der Waals surface area contributed by atoms with Crippen LogP contribution in [0, 0.1) is 0 Å². The predicted octanol–water partition coefficient (Wildman–Crippen LogP) is -0.120. The quantitative estimate of drug-likeness (QED) is 0.518. The topological polar surface area (TPSA) is 58.6 Å². The fourth-order valence-corrected chi connectivity index (χ4v) is 0.629. The molecule has 0 unspecified atom stereocenters. The molecule has 1 rings (SSSR count). The minimum Gasteiger partial charge on any atom is -0.478 e. The van der Waals surface area contributed by atoms with Crippen molar-refractivity contribution in [2.45, 2.75) is 6.92 Å². The predicted molar refractivity (Wildman–Crippen MR) is 29.4 cm³/mol. The Morgan fingerprint density at radius 3 is 2.78 bits per heavy atom. The van der Waals surface area contributed by atoms with Gasteiger partial charge in [-0.15, -0.1) is 0 Å². The van der Waals surface area contributed by atoms with Crippen molar-refractivity contribution in [3.63, 3.8) is 0 Å². The standard InChI is InChI=1S/C5H7NO3/c1-3-4(5(7)8)2-6-9-3/h6H,2H2,1H3,(H,7,8). The Labute approximate surface area is 52.1 Å². The van der Waals surface area contributed by atoms with Crippen LogP contribution in [0.3, 0.4) is 0 Å². The largest absolute Gasteiger partial charge is 0.478 e. The van der Waals surface area contributed by atoms with Gasteiger partial charge in [0.25, 0.3) is 0 Å². The van der Waals surface area contributed by atoms with Gasteiger partial charge in [0.1, 0.15) is 5.76 Å². The van der Waals surface area contributed by atoms with Crippen LogP contribution in [0.4, 0.5) is 0 Å². The molecule has 0 radical (unpaired) electrons. The number of carboxylic acid groups (broad SMARTS) is 1. The smallest absolute Gasteiger partial charge is 0.336 e. The summed E-state index contributed by atoms with van der Waals surface area (Å²) in [5, 5.41) is 8.41. The summed E-state index contributed by atoms with van der Waals surface area (Å²) in [6.45, 7) is 1.91. The van der Waals surface area contributed by atoms with Gasteiger partial charge in [0.05, 0.1) is 12.1 Å². The molecule has 0 aromatic heterocycles. The van der Waals surface area contributed by atoms with E-state index in [4.69, 9.17) is 5.11 Å². The maximum Gasteiger partial charge on any atom is 0.336 e. The highest BCUT2D eigenvalue weighted by Gasteiger charge is 2.17. The molecule has 0 amide bonds. The van der Waals surface area contributed by atoms with Crippen molar-refractivity contribution in [3.05, 3.63) is 11.3 Å². The van der Waals surface area contributed by atoms with Gasteiger partial charge in [-0.1, -0.05) is 0 Å². The van der Waals surface area contributed by atoms with E-state index >= 15 is 0 Å². The Hall–Kier alpha value is -1.03. The van der Waals surface area contributed by atoms with Crippen molar-refractivity contribution >= 4 is 5.97 Å². The average molecular weight is 129 g/mol. The second-order valence-electron chi connectivity index (χ2n) is 1.76. The Balaban J connectivity index is 2.78. The van der Waals surface area contributed by atoms with E-state index in [1.807, 2.05) is 0 Å². The van der Waals surface area contributed by atoms with Gasteiger partial charge in [0, 0.05) is 0 Å². The molecule has 4 nitrogen and oxygen atoms in total. The van der Waals surface area contributed by atoms with Crippen molar-refractivity contribution < 1.29 is 14.7 Å². The molecule has 1 aliphatic heterocycles. The van der Waals surface area contributed by atoms with Gasteiger partial charge in [-0.3, -0.25) is 0 Å². The van der Waals surface area contributed by atoms with E-state index < -0.39 is 5.97 Å². The van der Waals surface area contributed by atoms with Crippen LogP contribution >= 0.6 is 0 Å². The van der Waals surface area contributed by atoms with Crippen molar-refractivity contribution in [2.75, 3.05) is 6.54 Å². The first-order valence-electron chi connectivity index (χ1n) is 2.54. The number of rotatable bonds is 1. The molecule has 0 bridgehead atoms. The molecule has 9 heavy (non-hydrogen) atoms. The minimum atomic E-state index is -0.919. The third-order valence-corrected chi connectivity index (χ3v) is 1.16. The Morgan fingerprint density at radius 2 is 2.56 bits per heavy atom. The van der Waals surface area contributed by atoms with Gasteiger partial charge in [0.2, 0.25) is 0 Å². The molecule has 1 heterocycles. The van der Waals surface area contributed by atoms with E-state index in [1.165, 1.54) is 0 Å². The van der Waals surface area contributed by atoms with Crippen LogP contribution in [-0.4, -0.2) is 17.6 Å². The lowest BCUT2D eigenvalue weighted by atomic mass is 10.2. The summed E-state index contributed by atoms with van der Waals surface area (Å²) in [6.07, 6.45) is 0. The fourth-order valence-electron chi connectivity index (χ4n) is 0.629. The maximum absolute atomic E-state index is 10.2. The van der Waals surface area contributed by atoms with E-state index in [2.05, 4.69) is 10.3 Å². The van der Waals surface area contributed by atoms with Crippen LogP contribution in [0.25, 0.3) is 0 Å². The maximum atomic E-state index is 10.2. The summed E-state index contributed by atoms with van der Waals surface area (Å²) < 4.78 is 0. The third kappa shape index (κ3) is 1.02. The van der Waals surface area contributed by atoms with Crippen LogP contribution < -0.4 is 5.48 Å². The zero-order valence-electron chi connectivity index (χ0n) is 4.97. The lowest BCUT2D eigenvalue weighted by molar-refractivity contribution is -0.132. The van der Waals surface area contributed by atoms with E-state index in [1.54, 1.807) is 6.92 Å². The van der Waals surface area contributed by atoms with Gasteiger partial charge in [-0.25, -0.2) is 4.79 Å². The molecule has 50 valence electrons. The first kappa shape index (κ1) is 6.10. The first-order valence-corrected chi connectivity index (χ1v) is 2.54. The summed E-state index contributed by atoms with van der Waals surface area (Å²) in [6, 6.07) is 0. The van der Waals surface area contributed by atoms with Crippen LogP contribution in [0.2, 0.25) is 0 Å². The van der Waals surface area contributed by atoms with E-state index in [0.29, 0.717) is 17.9 Å². The summed E-state index contributed by atoms with van der Waals surface area (Å²) >= 11 is 0. The SMILES string of the molecule is CC1=C(C(=O)O)CNO1. The van der Waals surface area contributed by atoms with Gasteiger partial charge in [-0.2, -0.15) is 5.48 Å². The van der Waals surface area contributed by atoms with Gasteiger partial charge in [0.15, 0.2) is 0 Å². The highest BCUT2D eigenvalue weighted by atomic mass is 16.7. The summed E-state index contributed by atoms with van der Waals surface area (Å²) in [5.41, 5.74) is 2.75. The number of hydrogen-bond acceptors (Lipinski definition) is 3. The molecule has 0 saturated heterocycles. The highest BCUT2D eigenvalue weighted by molar-refractivity contribution is 5.87. The number of allylic oxidation sites excluding steroid dienone is 1. The second-order valence-corrected chi connectivity index (χ2v) is 1.76. The van der Waals surface area contributed by atoms with Gasteiger partial charge in [-0.05, 0) is 6.92 Å². The van der Waals surface area contributed by atoms with Gasteiger partial charge >= 0.3 is 5.97 Å². The number of carbonyl (C=O) groups is 1. The molecular formula is C5H7NO3. The van der Waals surface area contributed by atoms with E-state index in [0.717, 1.165) is 0 Å². The summed E-state index contributed by atoms with van der Waals surface area (Å²) in [4.78, 5) is 14.9. The molecule has 0 spiro atoms. The van der Waals surface area contributed by atoms with Crippen LogP contribution in [0.1, 0.15) is 6.92 Å². The summed E-state index contributed by atoms with van der Waals surface area (Å²) in [7, 11) is 0. The Bertz CT molecular complexity index is 173. The lowest BCUT2D eigenvalue weighted by Crippen LogP contribution is -2.10. The monoisotopic (exact) mass is 129 g/mol. The zero-order valence-corrected chi connectivity index (χ0v) is 4.97. The molecule has 2 N–H and O–H groups in total. The lowest BCUT2D eigenvalue weighted by Gasteiger charge is -1.90. The van der Waals surface area contributed by atoms with Crippen molar-refractivity contribution in [3.8, 4) is 0 Å². The normalized spacial score (nSPS) is 17.9. The van der Waals surface area contributed by atoms with Crippen molar-refractivity contribution in [2.24, 2.45) is 0 Å². The van der Waals surface area contributed by atoms with Gasteiger partial charge < -0.3 is 9.94 Å². The molecule has 0 atom stereocenters.